The molecule has 2 aliphatic heterocycles. The Labute approximate surface area is 189 Å². The topological polar surface area (TPSA) is 78.4 Å². The largest absolute Gasteiger partial charge is 0.366 e. The van der Waals surface area contributed by atoms with Crippen LogP contribution in [0.1, 0.15) is 30.5 Å². The zero-order valence-electron chi connectivity index (χ0n) is 18.2. The fourth-order valence-electron chi connectivity index (χ4n) is 4.61. The number of benzene rings is 2. The minimum absolute atomic E-state index is 0.0265. The summed E-state index contributed by atoms with van der Waals surface area (Å²) in [6.45, 7) is 2.89. The predicted molar refractivity (Wildman–Crippen MR) is 122 cm³/mol. The van der Waals surface area contributed by atoms with Crippen molar-refractivity contribution in [3.63, 3.8) is 0 Å². The molecule has 33 heavy (non-hydrogen) atoms. The average molecular weight is 446 g/mol. The molecule has 7 nitrogen and oxygen atoms in total. The van der Waals surface area contributed by atoms with E-state index in [-0.39, 0.29) is 22.5 Å². The van der Waals surface area contributed by atoms with E-state index in [2.05, 4.69) is 5.10 Å². The maximum atomic E-state index is 14.6. The molecule has 0 unspecified atom stereocenters. The second kappa shape index (κ2) is 8.20. The molecule has 1 fully saturated rings. The third-order valence-corrected chi connectivity index (χ3v) is 6.16. The monoisotopic (exact) mass is 446 g/mol. The Morgan fingerprint density at radius 1 is 0.848 bits per heavy atom. The van der Waals surface area contributed by atoms with Gasteiger partial charge in [0.15, 0.2) is 0 Å². The summed E-state index contributed by atoms with van der Waals surface area (Å²) in [6, 6.07) is 14.7. The number of imide groups is 1. The van der Waals surface area contributed by atoms with Crippen molar-refractivity contribution >= 4 is 23.1 Å². The number of aryl methyl sites for hydroxylation is 1. The van der Waals surface area contributed by atoms with Crippen LogP contribution in [-0.2, 0) is 9.59 Å². The van der Waals surface area contributed by atoms with Gasteiger partial charge in [-0.25, -0.2) is 14.0 Å². The number of nitrogens with zero attached hydrogens (tertiary/aromatic N) is 3. The summed E-state index contributed by atoms with van der Waals surface area (Å²) in [7, 11) is 0. The van der Waals surface area contributed by atoms with Crippen molar-refractivity contribution in [2.45, 2.75) is 26.2 Å². The molecule has 168 valence electrons. The third kappa shape index (κ3) is 3.38. The van der Waals surface area contributed by atoms with Gasteiger partial charge in [-0.1, -0.05) is 30.3 Å². The first kappa shape index (κ1) is 20.9. The van der Waals surface area contributed by atoms with E-state index in [4.69, 9.17) is 0 Å². The van der Waals surface area contributed by atoms with Gasteiger partial charge in [0.25, 0.3) is 17.4 Å². The molecule has 0 spiro atoms. The maximum absolute atomic E-state index is 14.6. The summed E-state index contributed by atoms with van der Waals surface area (Å²) >= 11 is 0. The number of nitrogens with one attached hydrogen (secondary N) is 1. The van der Waals surface area contributed by atoms with Gasteiger partial charge < -0.3 is 4.90 Å². The Morgan fingerprint density at radius 2 is 1.52 bits per heavy atom. The van der Waals surface area contributed by atoms with Gasteiger partial charge in [-0.2, -0.15) is 0 Å². The molecule has 3 heterocycles. The van der Waals surface area contributed by atoms with E-state index in [0.29, 0.717) is 24.5 Å². The van der Waals surface area contributed by atoms with Gasteiger partial charge in [0, 0.05) is 18.8 Å². The highest BCUT2D eigenvalue weighted by molar-refractivity contribution is 6.45. The highest BCUT2D eigenvalue weighted by atomic mass is 19.1. The van der Waals surface area contributed by atoms with E-state index in [9.17, 15) is 18.8 Å². The van der Waals surface area contributed by atoms with Crippen LogP contribution in [0.2, 0.25) is 0 Å². The average Bonchev–Trinajstić information content (AvgIpc) is 3.26. The van der Waals surface area contributed by atoms with Crippen LogP contribution in [0.15, 0.2) is 65.1 Å². The molecule has 8 heteroatoms. The van der Waals surface area contributed by atoms with Crippen molar-refractivity contribution in [2.75, 3.05) is 18.0 Å². The van der Waals surface area contributed by atoms with E-state index >= 15 is 0 Å². The second-order valence-corrected chi connectivity index (χ2v) is 8.26. The standard InChI is InChI=1S/C25H23FN4O3/c1-16-20(24(32)30(27-16)17-10-4-2-5-11-17)21-22(28-14-8-3-9-15-28)25(33)29(23(21)31)19-13-7-6-12-18(19)26/h2,4-7,10-13,27H,3,8-9,14-15H2,1H3. The lowest BCUT2D eigenvalue weighted by Crippen LogP contribution is -2.37. The normalized spacial score (nSPS) is 16.8. The van der Waals surface area contributed by atoms with Crippen molar-refractivity contribution in [1.82, 2.24) is 14.7 Å². The minimum atomic E-state index is -0.690. The molecular formula is C25H23FN4O3. The van der Waals surface area contributed by atoms with Gasteiger partial charge in [0.2, 0.25) is 0 Å². The molecule has 2 amide bonds. The van der Waals surface area contributed by atoms with Crippen LogP contribution in [0.4, 0.5) is 10.1 Å². The molecule has 1 N–H and O–H groups in total. The first-order valence-corrected chi connectivity index (χ1v) is 11.0. The van der Waals surface area contributed by atoms with Crippen molar-refractivity contribution in [3.05, 3.63) is 87.7 Å². The molecule has 0 radical (unpaired) electrons. The van der Waals surface area contributed by atoms with Gasteiger partial charge >= 0.3 is 0 Å². The Morgan fingerprint density at radius 3 is 2.21 bits per heavy atom. The Hall–Kier alpha value is -3.94. The number of hydrogen-bond acceptors (Lipinski definition) is 4. The molecule has 5 rings (SSSR count). The Kier molecular flexibility index (Phi) is 5.20. The number of piperidine rings is 1. The molecular weight excluding hydrogens is 423 g/mol. The fourth-order valence-corrected chi connectivity index (χ4v) is 4.61. The molecule has 2 aromatic carbocycles. The van der Waals surface area contributed by atoms with Crippen LogP contribution in [0, 0.1) is 12.7 Å². The number of anilines is 1. The van der Waals surface area contributed by atoms with Gasteiger partial charge in [-0.3, -0.25) is 19.5 Å². The molecule has 3 aromatic rings. The summed E-state index contributed by atoms with van der Waals surface area (Å²) in [4.78, 5) is 43.4. The van der Waals surface area contributed by atoms with Crippen molar-refractivity contribution in [1.29, 1.82) is 0 Å². The van der Waals surface area contributed by atoms with Crippen LogP contribution in [0.25, 0.3) is 11.3 Å². The van der Waals surface area contributed by atoms with Crippen LogP contribution in [0.5, 0.6) is 0 Å². The number of H-pyrrole nitrogens is 1. The summed E-state index contributed by atoms with van der Waals surface area (Å²) in [5.41, 5.74) is 0.857. The lowest BCUT2D eigenvalue weighted by molar-refractivity contribution is -0.120. The summed E-state index contributed by atoms with van der Waals surface area (Å²) in [5.74, 6) is -1.97. The fraction of sp³-hybridized carbons (Fsp3) is 0.240. The van der Waals surface area contributed by atoms with Gasteiger partial charge in [0.05, 0.1) is 22.5 Å². The maximum Gasteiger partial charge on any atom is 0.282 e. The van der Waals surface area contributed by atoms with E-state index in [0.717, 1.165) is 24.2 Å². The number of aromatic nitrogens is 2. The second-order valence-electron chi connectivity index (χ2n) is 8.26. The van der Waals surface area contributed by atoms with E-state index in [1.807, 2.05) is 11.0 Å². The predicted octanol–water partition coefficient (Wildman–Crippen LogP) is 3.38. The lowest BCUT2D eigenvalue weighted by Gasteiger charge is -2.29. The van der Waals surface area contributed by atoms with Crippen LogP contribution in [0.3, 0.4) is 0 Å². The third-order valence-electron chi connectivity index (χ3n) is 6.16. The number of para-hydroxylation sites is 2. The highest BCUT2D eigenvalue weighted by Gasteiger charge is 2.45. The molecule has 1 aromatic heterocycles. The molecule has 2 aliphatic rings. The number of amides is 2. The first-order valence-electron chi connectivity index (χ1n) is 11.0. The van der Waals surface area contributed by atoms with E-state index in [1.54, 1.807) is 37.3 Å². The van der Waals surface area contributed by atoms with Gasteiger partial charge in [-0.05, 0) is 50.5 Å². The zero-order valence-corrected chi connectivity index (χ0v) is 18.2. The summed E-state index contributed by atoms with van der Waals surface area (Å²) in [5, 5.41) is 3.03. The van der Waals surface area contributed by atoms with Gasteiger partial charge in [-0.15, -0.1) is 0 Å². The Bertz CT molecular complexity index is 1330. The number of halogens is 1. The Balaban J connectivity index is 1.71. The van der Waals surface area contributed by atoms with Crippen LogP contribution in [-0.4, -0.2) is 39.6 Å². The number of rotatable bonds is 4. The van der Waals surface area contributed by atoms with Gasteiger partial charge in [0.1, 0.15) is 11.5 Å². The SMILES string of the molecule is Cc1[nH]n(-c2ccccc2)c(=O)c1C1=C(N2CCCCC2)C(=O)N(c2ccccc2F)C1=O. The molecule has 1 saturated heterocycles. The van der Waals surface area contributed by atoms with Crippen molar-refractivity contribution in [3.8, 4) is 5.69 Å². The van der Waals surface area contributed by atoms with Crippen LogP contribution < -0.4 is 10.5 Å². The smallest absolute Gasteiger partial charge is 0.282 e. The molecule has 0 atom stereocenters. The van der Waals surface area contributed by atoms with Crippen LogP contribution >= 0.6 is 0 Å². The number of carbonyl (C=O) groups is 2. The number of carbonyl (C=O) groups excluding carboxylic acids is 2. The summed E-state index contributed by atoms with van der Waals surface area (Å²) in [6.07, 6.45) is 2.78. The van der Waals surface area contributed by atoms with E-state index in [1.165, 1.54) is 22.9 Å². The van der Waals surface area contributed by atoms with E-state index < -0.39 is 23.2 Å². The molecule has 0 aliphatic carbocycles. The number of likely N-dealkylation sites (tertiary alicyclic amines) is 1. The molecule has 0 saturated carbocycles. The van der Waals surface area contributed by atoms with Crippen molar-refractivity contribution < 1.29 is 14.0 Å². The zero-order chi connectivity index (χ0) is 23.1. The highest BCUT2D eigenvalue weighted by Crippen LogP contribution is 2.36. The van der Waals surface area contributed by atoms with Crippen molar-refractivity contribution in [2.24, 2.45) is 0 Å². The first-order chi connectivity index (χ1) is 16.0. The minimum Gasteiger partial charge on any atom is -0.366 e. The number of hydrogen-bond donors (Lipinski definition) is 1. The molecule has 0 bridgehead atoms. The quantitative estimate of drug-likeness (QED) is 0.624. The number of aromatic amines is 1. The summed E-state index contributed by atoms with van der Waals surface area (Å²) < 4.78 is 16.0. The lowest BCUT2D eigenvalue weighted by atomic mass is 10.0.